The molecule has 4 atom stereocenters. The first-order valence-corrected chi connectivity index (χ1v) is 13.8. The molecule has 1 amide bonds. The van der Waals surface area contributed by atoms with Crippen LogP contribution in [0.25, 0.3) is 0 Å². The van der Waals surface area contributed by atoms with Crippen LogP contribution in [0.4, 0.5) is 5.69 Å². The first kappa shape index (κ1) is 25.9. The first-order chi connectivity index (χ1) is 18.9. The third-order valence-corrected chi connectivity index (χ3v) is 8.73. The van der Waals surface area contributed by atoms with Gasteiger partial charge in [0.15, 0.2) is 17.0 Å². The van der Waals surface area contributed by atoms with Crippen molar-refractivity contribution in [3.63, 3.8) is 0 Å². The Morgan fingerprint density at radius 3 is 2.69 bits per heavy atom. The summed E-state index contributed by atoms with van der Waals surface area (Å²) in [6, 6.07) is 16.7. The minimum Gasteiger partial charge on any atom is -0.490 e. The summed E-state index contributed by atoms with van der Waals surface area (Å²) in [7, 11) is 0. The van der Waals surface area contributed by atoms with E-state index < -0.39 is 17.5 Å². The van der Waals surface area contributed by atoms with Gasteiger partial charge in [0.2, 0.25) is 0 Å². The van der Waals surface area contributed by atoms with E-state index in [2.05, 4.69) is 10.2 Å². The minimum absolute atomic E-state index is 0.161. The molecule has 8 nitrogen and oxygen atoms in total. The van der Waals surface area contributed by atoms with Crippen molar-refractivity contribution < 1.29 is 19.2 Å². The topological polar surface area (TPSA) is 93.9 Å². The van der Waals surface area contributed by atoms with Gasteiger partial charge in [0, 0.05) is 44.4 Å². The van der Waals surface area contributed by atoms with E-state index in [1.807, 2.05) is 43.3 Å². The number of para-hydroxylation sites is 1. The Kier molecular flexibility index (Phi) is 6.65. The van der Waals surface area contributed by atoms with Crippen LogP contribution in [-0.4, -0.2) is 41.0 Å². The number of anilines is 1. The molecule has 10 heteroatoms. The lowest BCUT2D eigenvalue weighted by Gasteiger charge is -2.32. The van der Waals surface area contributed by atoms with Crippen molar-refractivity contribution in [2.24, 2.45) is 0 Å². The maximum atomic E-state index is 13.7. The summed E-state index contributed by atoms with van der Waals surface area (Å²) in [4.78, 5) is 28.3. The van der Waals surface area contributed by atoms with E-state index in [1.54, 1.807) is 24.3 Å². The van der Waals surface area contributed by atoms with Crippen molar-refractivity contribution in [3.05, 3.63) is 97.5 Å². The van der Waals surface area contributed by atoms with Gasteiger partial charge in [0.1, 0.15) is 6.61 Å². The summed E-state index contributed by atoms with van der Waals surface area (Å²) in [5.41, 5.74) is 1.48. The number of amides is 1. The van der Waals surface area contributed by atoms with Crippen molar-refractivity contribution in [1.29, 1.82) is 0 Å². The summed E-state index contributed by atoms with van der Waals surface area (Å²) >= 11 is 12.3. The molecule has 0 unspecified atom stereocenters. The third kappa shape index (κ3) is 4.04. The van der Waals surface area contributed by atoms with Crippen molar-refractivity contribution in [2.75, 3.05) is 18.5 Å². The maximum Gasteiger partial charge on any atom is 0.256 e. The van der Waals surface area contributed by atoms with Gasteiger partial charge in [-0.25, -0.2) is 0 Å². The fourth-order valence-electron chi connectivity index (χ4n) is 6.69. The normalized spacial score (nSPS) is 25.4. The van der Waals surface area contributed by atoms with Crippen LogP contribution in [0.5, 0.6) is 11.5 Å². The number of ether oxygens (including phenoxy) is 2. The lowest BCUT2D eigenvalue weighted by molar-refractivity contribution is -0.534. The number of hydrogen-bond acceptors (Lipinski definition) is 6. The molecule has 2 fully saturated rings. The summed E-state index contributed by atoms with van der Waals surface area (Å²) in [5.74, 6) is 0.149. The molecular weight excluding hydrogens is 541 g/mol. The predicted octanol–water partition coefficient (Wildman–Crippen LogP) is 6.03. The fraction of sp³-hybridized carbons (Fsp3) is 0.345. The van der Waals surface area contributed by atoms with Gasteiger partial charge in [-0.3, -0.25) is 19.8 Å². The zero-order valence-electron chi connectivity index (χ0n) is 21.2. The molecule has 3 aromatic rings. The number of nitrogens with one attached hydrogen (secondary N) is 1. The number of fused-ring (bicyclic) bond motifs is 4. The Morgan fingerprint density at radius 2 is 1.92 bits per heavy atom. The summed E-state index contributed by atoms with van der Waals surface area (Å²) in [5, 5.41) is 16.8. The average Bonchev–Trinajstić information content (AvgIpc) is 3.57. The second-order valence-electron chi connectivity index (χ2n) is 10.1. The zero-order valence-corrected chi connectivity index (χ0v) is 22.7. The maximum absolute atomic E-state index is 13.7. The quantitative estimate of drug-likeness (QED) is 0.277. The number of benzene rings is 3. The van der Waals surface area contributed by atoms with E-state index in [9.17, 15) is 14.9 Å². The van der Waals surface area contributed by atoms with E-state index in [1.165, 1.54) is 0 Å². The van der Waals surface area contributed by atoms with E-state index in [0.717, 1.165) is 24.0 Å². The van der Waals surface area contributed by atoms with Crippen LogP contribution in [0, 0.1) is 10.1 Å². The largest absolute Gasteiger partial charge is 0.490 e. The van der Waals surface area contributed by atoms with Gasteiger partial charge in [0.05, 0.1) is 12.5 Å². The molecule has 3 aliphatic heterocycles. The van der Waals surface area contributed by atoms with Gasteiger partial charge in [-0.2, -0.15) is 0 Å². The van der Waals surface area contributed by atoms with Crippen LogP contribution >= 0.6 is 23.2 Å². The average molecular weight is 568 g/mol. The molecule has 3 aliphatic rings. The number of nitrogens with zero attached hydrogens (tertiary/aromatic N) is 2. The number of nitro groups is 1. The van der Waals surface area contributed by atoms with Gasteiger partial charge >= 0.3 is 0 Å². The molecule has 3 aromatic carbocycles. The molecule has 2 saturated heterocycles. The molecular formula is C29H27Cl2N3O5. The monoisotopic (exact) mass is 567 g/mol. The van der Waals surface area contributed by atoms with Crippen LogP contribution in [0.15, 0.2) is 60.7 Å². The van der Waals surface area contributed by atoms with E-state index in [4.69, 9.17) is 32.7 Å². The summed E-state index contributed by atoms with van der Waals surface area (Å²) in [6.45, 7) is 3.08. The number of rotatable bonds is 7. The zero-order chi connectivity index (χ0) is 27.3. The van der Waals surface area contributed by atoms with Crippen molar-refractivity contribution in [2.45, 2.75) is 49.9 Å². The lowest BCUT2D eigenvalue weighted by Crippen LogP contribution is -2.55. The minimum atomic E-state index is -1.36. The lowest BCUT2D eigenvalue weighted by atomic mass is 9.77. The van der Waals surface area contributed by atoms with Crippen molar-refractivity contribution in [1.82, 2.24) is 4.90 Å². The van der Waals surface area contributed by atoms with Gasteiger partial charge in [-0.15, -0.1) is 0 Å². The Bertz CT molecular complexity index is 1470. The highest BCUT2D eigenvalue weighted by molar-refractivity contribution is 6.35. The molecule has 0 saturated carbocycles. The second-order valence-corrected chi connectivity index (χ2v) is 10.9. The van der Waals surface area contributed by atoms with Crippen LogP contribution in [0.1, 0.15) is 42.4 Å². The van der Waals surface area contributed by atoms with Gasteiger partial charge in [0.25, 0.3) is 11.9 Å². The van der Waals surface area contributed by atoms with Crippen LogP contribution in [-0.2, 0) is 16.9 Å². The molecule has 6 rings (SSSR count). The number of hydrogen-bond donors (Lipinski definition) is 1. The molecule has 1 N–H and O–H groups in total. The first-order valence-electron chi connectivity index (χ1n) is 13.0. The Balaban J connectivity index is 1.40. The van der Waals surface area contributed by atoms with Crippen LogP contribution < -0.4 is 14.8 Å². The molecule has 0 aromatic heterocycles. The highest BCUT2D eigenvalue weighted by Gasteiger charge is 2.73. The number of carbonyl (C=O) groups excluding carboxylic acids is 1. The van der Waals surface area contributed by atoms with Crippen LogP contribution in [0.2, 0.25) is 10.0 Å². The van der Waals surface area contributed by atoms with Gasteiger partial charge < -0.3 is 14.8 Å². The number of carbonyl (C=O) groups is 1. The SMILES string of the molecule is CCOc1cc([C@H]2[C@H]([N+](=O)[O-])[C@]3(C(=O)Nc4ccccc43)N3CCC[C@@H]23)ccc1OCc1ccc(Cl)cc1Cl. The Labute approximate surface area is 236 Å². The number of halogens is 2. The van der Waals surface area contributed by atoms with Crippen molar-refractivity contribution in [3.8, 4) is 11.5 Å². The Morgan fingerprint density at radius 1 is 1.10 bits per heavy atom. The summed E-state index contributed by atoms with van der Waals surface area (Å²) in [6.07, 6.45) is 1.63. The smallest absolute Gasteiger partial charge is 0.256 e. The molecule has 3 heterocycles. The highest BCUT2D eigenvalue weighted by Crippen LogP contribution is 2.58. The molecule has 1 spiro atoms. The standard InChI is InChI=1S/C29H27Cl2N3O5/c1-2-38-25-14-17(10-12-24(25)39-16-18-9-11-19(30)15-21(18)31)26-23-8-5-13-33(23)29(27(26)34(36)37)20-6-3-4-7-22(20)32-28(29)35/h3-4,6-7,9-12,14-15,23,26-27H,2,5,8,13,16H2,1H3,(H,32,35)/t23-,26+,27-,29+/m0/s1. The molecule has 39 heavy (non-hydrogen) atoms. The molecule has 0 radical (unpaired) electrons. The summed E-state index contributed by atoms with van der Waals surface area (Å²) < 4.78 is 12.0. The molecule has 0 bridgehead atoms. The van der Waals surface area contributed by atoms with Gasteiger partial charge in [-0.05, 0) is 55.7 Å². The van der Waals surface area contributed by atoms with Crippen molar-refractivity contribution >= 4 is 34.8 Å². The van der Waals surface area contributed by atoms with E-state index in [-0.39, 0.29) is 23.5 Å². The third-order valence-electron chi connectivity index (χ3n) is 8.14. The van der Waals surface area contributed by atoms with Gasteiger partial charge in [-0.1, -0.05) is 53.5 Å². The molecule has 202 valence electrons. The predicted molar refractivity (Wildman–Crippen MR) is 148 cm³/mol. The van der Waals surface area contributed by atoms with E-state index >= 15 is 0 Å². The van der Waals surface area contributed by atoms with E-state index in [0.29, 0.717) is 45.9 Å². The fourth-order valence-corrected chi connectivity index (χ4v) is 7.15. The Hall–Kier alpha value is -3.33. The highest BCUT2D eigenvalue weighted by atomic mass is 35.5. The molecule has 0 aliphatic carbocycles. The van der Waals surface area contributed by atoms with Crippen LogP contribution in [0.3, 0.4) is 0 Å². The second kappa shape index (κ2) is 10.0.